The van der Waals surface area contributed by atoms with E-state index in [1.807, 2.05) is 31.2 Å². The number of rotatable bonds is 5. The molecule has 1 aromatic carbocycles. The predicted molar refractivity (Wildman–Crippen MR) is 62.6 cm³/mol. The van der Waals surface area contributed by atoms with Crippen molar-refractivity contribution in [1.82, 2.24) is 5.32 Å². The Morgan fingerprint density at radius 3 is 3.00 bits per heavy atom. The minimum Gasteiger partial charge on any atom is -0.478 e. The monoisotopic (exact) mass is 268 g/mol. The molecule has 0 amide bonds. The van der Waals surface area contributed by atoms with Crippen molar-refractivity contribution in [2.75, 3.05) is 13.2 Å². The van der Waals surface area contributed by atoms with E-state index in [0.29, 0.717) is 0 Å². The number of benzene rings is 1. The average Bonchev–Trinajstić information content (AvgIpc) is 2.25. The van der Waals surface area contributed by atoms with Crippen molar-refractivity contribution >= 4 is 15.9 Å². The van der Waals surface area contributed by atoms with Crippen molar-refractivity contribution < 1.29 is 4.74 Å². The van der Waals surface area contributed by atoms with E-state index in [2.05, 4.69) is 21.2 Å². The third kappa shape index (κ3) is 3.90. The molecule has 0 unspecified atom stereocenters. The number of nitriles is 1. The van der Waals surface area contributed by atoms with Crippen molar-refractivity contribution in [1.29, 1.82) is 5.26 Å². The molecular weight excluding hydrogens is 256 g/mol. The molecule has 0 heterocycles. The SMILES string of the molecule is CCNCc1cc(Br)ccc1OCC#N. The first-order valence-corrected chi connectivity index (χ1v) is 5.56. The van der Waals surface area contributed by atoms with Crippen molar-refractivity contribution in [3.63, 3.8) is 0 Å². The highest BCUT2D eigenvalue weighted by atomic mass is 79.9. The minimum absolute atomic E-state index is 0.0841. The summed E-state index contributed by atoms with van der Waals surface area (Å²) in [6, 6.07) is 7.73. The summed E-state index contributed by atoms with van der Waals surface area (Å²) in [5.41, 5.74) is 1.06. The Balaban J connectivity index is 2.78. The van der Waals surface area contributed by atoms with E-state index >= 15 is 0 Å². The number of hydrogen-bond acceptors (Lipinski definition) is 3. The van der Waals surface area contributed by atoms with Crippen LogP contribution < -0.4 is 10.1 Å². The normalized spacial score (nSPS) is 9.67. The van der Waals surface area contributed by atoms with E-state index in [9.17, 15) is 0 Å². The Labute approximate surface area is 98.2 Å². The smallest absolute Gasteiger partial charge is 0.174 e. The van der Waals surface area contributed by atoms with Gasteiger partial charge in [-0.25, -0.2) is 0 Å². The van der Waals surface area contributed by atoms with Gasteiger partial charge in [0.25, 0.3) is 0 Å². The molecule has 0 fully saturated rings. The van der Waals surface area contributed by atoms with E-state index in [1.165, 1.54) is 0 Å². The molecule has 0 aliphatic heterocycles. The van der Waals surface area contributed by atoms with E-state index in [0.717, 1.165) is 28.9 Å². The van der Waals surface area contributed by atoms with Crippen LogP contribution in [-0.2, 0) is 6.54 Å². The van der Waals surface area contributed by atoms with Crippen LogP contribution in [0.4, 0.5) is 0 Å². The van der Waals surface area contributed by atoms with Gasteiger partial charge in [0.1, 0.15) is 11.8 Å². The molecule has 0 radical (unpaired) electrons. The molecule has 0 aromatic heterocycles. The molecule has 0 bridgehead atoms. The minimum atomic E-state index is 0.0841. The first-order valence-electron chi connectivity index (χ1n) is 4.76. The summed E-state index contributed by atoms with van der Waals surface area (Å²) in [6.07, 6.45) is 0. The summed E-state index contributed by atoms with van der Waals surface area (Å²) in [4.78, 5) is 0. The first-order chi connectivity index (χ1) is 7.27. The van der Waals surface area contributed by atoms with Crippen LogP contribution in [0.1, 0.15) is 12.5 Å². The Morgan fingerprint density at radius 1 is 1.53 bits per heavy atom. The fraction of sp³-hybridized carbons (Fsp3) is 0.364. The second-order valence-electron chi connectivity index (χ2n) is 2.98. The molecule has 1 aromatic rings. The second kappa shape index (κ2) is 6.44. The Bertz CT molecular complexity index is 360. The molecule has 0 aliphatic carbocycles. The van der Waals surface area contributed by atoms with Crippen LogP contribution in [0.25, 0.3) is 0 Å². The molecule has 3 nitrogen and oxygen atoms in total. The van der Waals surface area contributed by atoms with Crippen molar-refractivity contribution in [3.05, 3.63) is 28.2 Å². The molecule has 15 heavy (non-hydrogen) atoms. The molecule has 1 N–H and O–H groups in total. The maximum Gasteiger partial charge on any atom is 0.174 e. The van der Waals surface area contributed by atoms with Crippen LogP contribution in [0.5, 0.6) is 5.75 Å². The van der Waals surface area contributed by atoms with Gasteiger partial charge in [0.15, 0.2) is 6.61 Å². The summed E-state index contributed by atoms with van der Waals surface area (Å²) >= 11 is 3.41. The van der Waals surface area contributed by atoms with Crippen LogP contribution in [-0.4, -0.2) is 13.2 Å². The zero-order valence-electron chi connectivity index (χ0n) is 8.59. The molecule has 0 saturated heterocycles. The Hall–Kier alpha value is -1.05. The molecule has 4 heteroatoms. The lowest BCUT2D eigenvalue weighted by Gasteiger charge is -2.10. The van der Waals surface area contributed by atoms with Gasteiger partial charge in [0.2, 0.25) is 0 Å². The van der Waals surface area contributed by atoms with Gasteiger partial charge >= 0.3 is 0 Å². The Morgan fingerprint density at radius 2 is 2.33 bits per heavy atom. The summed E-state index contributed by atoms with van der Waals surface area (Å²) in [7, 11) is 0. The van der Waals surface area contributed by atoms with Crippen molar-refractivity contribution in [2.45, 2.75) is 13.5 Å². The van der Waals surface area contributed by atoms with Gasteiger partial charge < -0.3 is 10.1 Å². The molecule has 1 rings (SSSR count). The van der Waals surface area contributed by atoms with E-state index < -0.39 is 0 Å². The second-order valence-corrected chi connectivity index (χ2v) is 3.89. The van der Waals surface area contributed by atoms with Crippen molar-refractivity contribution in [3.8, 4) is 11.8 Å². The average molecular weight is 269 g/mol. The highest BCUT2D eigenvalue weighted by Crippen LogP contribution is 2.23. The summed E-state index contributed by atoms with van der Waals surface area (Å²) in [5.74, 6) is 0.765. The zero-order valence-corrected chi connectivity index (χ0v) is 10.2. The maximum atomic E-state index is 8.45. The topological polar surface area (TPSA) is 45.0 Å². The van der Waals surface area contributed by atoms with Gasteiger partial charge in [-0.2, -0.15) is 5.26 Å². The van der Waals surface area contributed by atoms with Crippen molar-refractivity contribution in [2.24, 2.45) is 0 Å². The summed E-state index contributed by atoms with van der Waals surface area (Å²) < 4.78 is 6.33. The van der Waals surface area contributed by atoms with Crippen LogP contribution in [0, 0.1) is 11.3 Å². The van der Waals surface area contributed by atoms with Crippen LogP contribution in [0.3, 0.4) is 0 Å². The lowest BCUT2D eigenvalue weighted by atomic mass is 10.2. The molecule has 0 atom stereocenters. The van der Waals surface area contributed by atoms with Gasteiger partial charge in [-0.1, -0.05) is 22.9 Å². The van der Waals surface area contributed by atoms with Crippen LogP contribution in [0.15, 0.2) is 22.7 Å². The first kappa shape index (κ1) is 12.0. The fourth-order valence-corrected chi connectivity index (χ4v) is 1.61. The van der Waals surface area contributed by atoms with Gasteiger partial charge in [-0.15, -0.1) is 0 Å². The van der Waals surface area contributed by atoms with Crippen LogP contribution in [0.2, 0.25) is 0 Å². The molecule has 0 aliphatic rings. The Kier molecular flexibility index (Phi) is 5.16. The molecular formula is C11H13BrN2O. The van der Waals surface area contributed by atoms with Gasteiger partial charge in [0.05, 0.1) is 0 Å². The van der Waals surface area contributed by atoms with E-state index in [-0.39, 0.29) is 6.61 Å². The third-order valence-electron chi connectivity index (χ3n) is 1.88. The molecule has 0 spiro atoms. The predicted octanol–water partition coefficient (Wildman–Crippen LogP) is 2.46. The molecule has 0 saturated carbocycles. The number of halogens is 1. The number of ether oxygens (including phenoxy) is 1. The largest absolute Gasteiger partial charge is 0.478 e. The zero-order chi connectivity index (χ0) is 11.1. The standard InChI is InChI=1S/C11H13BrN2O/c1-2-14-8-9-7-10(12)3-4-11(9)15-6-5-13/h3-4,7,14H,2,6,8H2,1H3. The van der Waals surface area contributed by atoms with E-state index in [4.69, 9.17) is 10.00 Å². The van der Waals surface area contributed by atoms with Gasteiger partial charge in [-0.3, -0.25) is 0 Å². The highest BCUT2D eigenvalue weighted by molar-refractivity contribution is 9.10. The fourth-order valence-electron chi connectivity index (χ4n) is 1.20. The maximum absolute atomic E-state index is 8.45. The van der Waals surface area contributed by atoms with Crippen LogP contribution >= 0.6 is 15.9 Å². The highest BCUT2D eigenvalue weighted by Gasteiger charge is 2.03. The van der Waals surface area contributed by atoms with E-state index in [1.54, 1.807) is 0 Å². The van der Waals surface area contributed by atoms with Gasteiger partial charge in [-0.05, 0) is 24.7 Å². The number of nitrogens with one attached hydrogen (secondary N) is 1. The molecule has 80 valence electrons. The quantitative estimate of drug-likeness (QED) is 0.893. The number of nitrogens with zero attached hydrogens (tertiary/aromatic N) is 1. The van der Waals surface area contributed by atoms with Gasteiger partial charge in [0, 0.05) is 16.6 Å². The third-order valence-corrected chi connectivity index (χ3v) is 2.37. The lowest BCUT2D eigenvalue weighted by molar-refractivity contribution is 0.362. The summed E-state index contributed by atoms with van der Waals surface area (Å²) in [5, 5.41) is 11.7. The summed E-state index contributed by atoms with van der Waals surface area (Å²) in [6.45, 7) is 3.79. The number of hydrogen-bond donors (Lipinski definition) is 1. The lowest BCUT2D eigenvalue weighted by Crippen LogP contribution is -2.13.